The van der Waals surface area contributed by atoms with Gasteiger partial charge in [-0.2, -0.15) is 0 Å². The standard InChI is InChI=1S/C46H36B2O2/c1-25-19-27(3)43(28(4)20-25)47-35-11-7-9-13-39(35)49-45-33-17-16-32-24-38-46(34-18-15-31(23-37(45)47)41(33)42(32)34)50-40-14-10-8-12-36(40)48(38)44-29(5)21-26(2)22-30(44)6/h7-24H,1-6H3. The number of hydrogen-bond donors (Lipinski definition) is 0. The Morgan fingerprint density at radius 2 is 0.780 bits per heavy atom. The van der Waals surface area contributed by atoms with Crippen molar-refractivity contribution < 1.29 is 9.47 Å². The van der Waals surface area contributed by atoms with Crippen LogP contribution >= 0.6 is 0 Å². The van der Waals surface area contributed by atoms with E-state index >= 15 is 0 Å². The van der Waals surface area contributed by atoms with Gasteiger partial charge in [0.2, 0.25) is 0 Å². The molecule has 0 spiro atoms. The zero-order valence-corrected chi connectivity index (χ0v) is 29.4. The first-order chi connectivity index (χ1) is 24.3. The van der Waals surface area contributed by atoms with Gasteiger partial charge < -0.3 is 9.47 Å². The highest BCUT2D eigenvalue weighted by Gasteiger charge is 2.38. The Balaban J connectivity index is 1.26. The van der Waals surface area contributed by atoms with Gasteiger partial charge in [-0.05, 0) is 98.4 Å². The molecule has 0 N–H and O–H groups in total. The molecule has 0 amide bonds. The van der Waals surface area contributed by atoms with E-state index in [1.165, 1.54) is 87.7 Å². The fourth-order valence-corrected chi connectivity index (χ4v) is 9.70. The number of aryl methyl sites for hydroxylation is 6. The van der Waals surface area contributed by atoms with E-state index in [2.05, 4.69) is 151 Å². The van der Waals surface area contributed by atoms with Gasteiger partial charge in [0.25, 0.3) is 13.4 Å². The molecule has 238 valence electrons. The molecule has 0 bridgehead atoms. The van der Waals surface area contributed by atoms with Crippen LogP contribution in [-0.4, -0.2) is 13.4 Å². The zero-order valence-electron chi connectivity index (χ0n) is 29.4. The van der Waals surface area contributed by atoms with Crippen LogP contribution in [0.3, 0.4) is 0 Å². The highest BCUT2D eigenvalue weighted by Crippen LogP contribution is 2.44. The molecule has 2 aliphatic rings. The Labute approximate surface area is 294 Å². The fraction of sp³-hybridized carbons (Fsp3) is 0.130. The van der Waals surface area contributed by atoms with E-state index < -0.39 is 0 Å². The zero-order chi connectivity index (χ0) is 34.0. The second-order valence-electron chi connectivity index (χ2n) is 14.8. The van der Waals surface area contributed by atoms with Gasteiger partial charge >= 0.3 is 0 Å². The number of rotatable bonds is 2. The Hall–Kier alpha value is -5.47. The van der Waals surface area contributed by atoms with Gasteiger partial charge in [0.15, 0.2) is 0 Å². The molecule has 10 rings (SSSR count). The lowest BCUT2D eigenvalue weighted by molar-refractivity contribution is 0.492. The summed E-state index contributed by atoms with van der Waals surface area (Å²) in [6.07, 6.45) is 0. The summed E-state index contributed by atoms with van der Waals surface area (Å²) in [5.74, 6) is 3.79. The fourth-order valence-electron chi connectivity index (χ4n) is 9.70. The minimum absolute atomic E-state index is 0.0757. The predicted octanol–water partition coefficient (Wildman–Crippen LogP) is 7.68. The molecule has 4 heteroatoms. The van der Waals surface area contributed by atoms with Crippen molar-refractivity contribution in [3.8, 4) is 23.0 Å². The highest BCUT2D eigenvalue weighted by molar-refractivity contribution is 6.98. The van der Waals surface area contributed by atoms with Crippen molar-refractivity contribution in [2.75, 3.05) is 0 Å². The molecule has 50 heavy (non-hydrogen) atoms. The smallest absolute Gasteiger partial charge is 0.251 e. The van der Waals surface area contributed by atoms with Crippen molar-refractivity contribution in [3.63, 3.8) is 0 Å². The molecule has 0 aliphatic carbocycles. The van der Waals surface area contributed by atoms with E-state index in [0.717, 1.165) is 33.8 Å². The van der Waals surface area contributed by atoms with Crippen molar-refractivity contribution in [2.24, 2.45) is 0 Å². The van der Waals surface area contributed by atoms with Crippen LogP contribution < -0.4 is 42.3 Å². The van der Waals surface area contributed by atoms with Crippen molar-refractivity contribution >= 4 is 78.5 Å². The first-order valence-electron chi connectivity index (χ1n) is 17.7. The molecule has 0 saturated carbocycles. The molecule has 0 saturated heterocycles. The number of ether oxygens (including phenoxy) is 2. The summed E-state index contributed by atoms with van der Waals surface area (Å²) in [6, 6.07) is 40.4. The van der Waals surface area contributed by atoms with E-state index in [1.807, 2.05) is 0 Å². The van der Waals surface area contributed by atoms with Gasteiger partial charge in [0.05, 0.1) is 0 Å². The molecule has 2 heterocycles. The number of benzene rings is 8. The average Bonchev–Trinajstić information content (AvgIpc) is 3.09. The number of fused-ring (bicyclic) bond motifs is 6. The maximum absolute atomic E-state index is 6.93. The van der Waals surface area contributed by atoms with Crippen LogP contribution in [0.25, 0.3) is 32.3 Å². The monoisotopic (exact) mass is 642 g/mol. The van der Waals surface area contributed by atoms with Crippen LogP contribution in [0, 0.1) is 41.5 Å². The molecule has 0 unspecified atom stereocenters. The van der Waals surface area contributed by atoms with Crippen molar-refractivity contribution in [1.82, 2.24) is 0 Å². The van der Waals surface area contributed by atoms with E-state index in [1.54, 1.807) is 0 Å². The molecule has 8 aromatic rings. The van der Waals surface area contributed by atoms with Gasteiger partial charge in [-0.15, -0.1) is 0 Å². The second kappa shape index (κ2) is 10.5. The van der Waals surface area contributed by atoms with Crippen LogP contribution in [-0.2, 0) is 0 Å². The van der Waals surface area contributed by atoms with Gasteiger partial charge in [-0.1, -0.05) is 129 Å². The van der Waals surface area contributed by atoms with Crippen molar-refractivity contribution in [2.45, 2.75) is 41.5 Å². The summed E-state index contributed by atoms with van der Waals surface area (Å²) < 4.78 is 13.9. The molecule has 0 aromatic heterocycles. The summed E-state index contributed by atoms with van der Waals surface area (Å²) in [7, 11) is 0. The van der Waals surface area contributed by atoms with E-state index in [-0.39, 0.29) is 13.4 Å². The third-order valence-electron chi connectivity index (χ3n) is 11.4. The van der Waals surface area contributed by atoms with Crippen LogP contribution in [0.2, 0.25) is 0 Å². The minimum Gasteiger partial charge on any atom is -0.458 e. The third kappa shape index (κ3) is 4.05. The van der Waals surface area contributed by atoms with Crippen molar-refractivity contribution in [1.29, 1.82) is 0 Å². The maximum atomic E-state index is 6.93. The quantitative estimate of drug-likeness (QED) is 0.142. The first kappa shape index (κ1) is 29.4. The van der Waals surface area contributed by atoms with E-state index in [9.17, 15) is 0 Å². The molecule has 0 radical (unpaired) electrons. The first-order valence-corrected chi connectivity index (χ1v) is 17.7. The number of hydrogen-bond acceptors (Lipinski definition) is 2. The van der Waals surface area contributed by atoms with Crippen LogP contribution in [0.5, 0.6) is 23.0 Å². The maximum Gasteiger partial charge on any atom is 0.251 e. The van der Waals surface area contributed by atoms with Crippen LogP contribution in [0.15, 0.2) is 109 Å². The molecular weight excluding hydrogens is 606 g/mol. The molecule has 0 fully saturated rings. The van der Waals surface area contributed by atoms with E-state index in [4.69, 9.17) is 9.47 Å². The van der Waals surface area contributed by atoms with Gasteiger partial charge in [-0.25, -0.2) is 0 Å². The third-order valence-corrected chi connectivity index (χ3v) is 11.4. The molecule has 2 aliphatic heterocycles. The summed E-state index contributed by atoms with van der Waals surface area (Å²) in [6.45, 7) is 13.6. The SMILES string of the molecule is Cc1cc(C)c(B2c3ccccc3Oc3c2cc2ccc4c5c(cc6ccc3c2c64)B(c2c(C)cc(C)cc2C)c2ccccc2O5)c(C)c1. The normalized spacial score (nSPS) is 13.2. The van der Waals surface area contributed by atoms with Gasteiger partial charge in [0, 0.05) is 21.5 Å². The summed E-state index contributed by atoms with van der Waals surface area (Å²) in [5, 5.41) is 7.22. The molecule has 2 nitrogen and oxygen atoms in total. The largest absolute Gasteiger partial charge is 0.458 e. The number of para-hydroxylation sites is 2. The molecule has 0 atom stereocenters. The lowest BCUT2D eigenvalue weighted by atomic mass is 9.34. The molecule has 8 aromatic carbocycles. The Morgan fingerprint density at radius 3 is 1.18 bits per heavy atom. The topological polar surface area (TPSA) is 18.5 Å². The van der Waals surface area contributed by atoms with Crippen molar-refractivity contribution in [3.05, 3.63) is 143 Å². The van der Waals surface area contributed by atoms with E-state index in [0.29, 0.717) is 0 Å². The van der Waals surface area contributed by atoms with Gasteiger partial charge in [0.1, 0.15) is 23.0 Å². The Kier molecular flexibility index (Phi) is 6.19. The minimum atomic E-state index is 0.0757. The van der Waals surface area contributed by atoms with Crippen LogP contribution in [0.1, 0.15) is 33.4 Å². The second-order valence-corrected chi connectivity index (χ2v) is 14.8. The predicted molar refractivity (Wildman–Crippen MR) is 214 cm³/mol. The Bertz CT molecular complexity index is 2510. The summed E-state index contributed by atoms with van der Waals surface area (Å²) in [5.41, 5.74) is 15.5. The lowest BCUT2D eigenvalue weighted by Gasteiger charge is -2.32. The lowest BCUT2D eigenvalue weighted by Crippen LogP contribution is -2.56. The Morgan fingerprint density at radius 1 is 0.400 bits per heavy atom. The average molecular weight is 642 g/mol. The summed E-state index contributed by atoms with van der Waals surface area (Å²) >= 11 is 0. The molecular formula is C46H36B2O2. The highest BCUT2D eigenvalue weighted by atomic mass is 16.5. The summed E-state index contributed by atoms with van der Waals surface area (Å²) in [4.78, 5) is 0. The van der Waals surface area contributed by atoms with Crippen LogP contribution in [0.4, 0.5) is 0 Å². The van der Waals surface area contributed by atoms with Gasteiger partial charge in [-0.3, -0.25) is 0 Å².